The summed E-state index contributed by atoms with van der Waals surface area (Å²) in [4.78, 5) is 16.5. The van der Waals surface area contributed by atoms with Crippen molar-refractivity contribution in [3.05, 3.63) is 18.7 Å². The number of halogens is 3. The molecule has 1 unspecified atom stereocenters. The Morgan fingerprint density at radius 1 is 1.40 bits per heavy atom. The van der Waals surface area contributed by atoms with Gasteiger partial charge in [0, 0.05) is 25.5 Å². The van der Waals surface area contributed by atoms with E-state index in [0.29, 0.717) is 19.5 Å². The van der Waals surface area contributed by atoms with Gasteiger partial charge in [-0.2, -0.15) is 13.2 Å². The fourth-order valence-electron chi connectivity index (χ4n) is 2.50. The number of rotatable bonds is 5. The molecule has 0 spiro atoms. The Hall–Kier alpha value is -1.57. The molecule has 0 bridgehead atoms. The summed E-state index contributed by atoms with van der Waals surface area (Å²) in [6, 6.07) is 0. The summed E-state index contributed by atoms with van der Waals surface area (Å²) >= 11 is 0. The second-order valence-corrected chi connectivity index (χ2v) is 5.07. The fraction of sp³-hybridized carbons (Fsp3) is 0.667. The molecule has 1 aliphatic rings. The van der Waals surface area contributed by atoms with Crippen LogP contribution in [0.5, 0.6) is 0 Å². The van der Waals surface area contributed by atoms with Gasteiger partial charge in [-0.05, 0) is 25.9 Å². The highest BCUT2D eigenvalue weighted by atomic mass is 19.4. The minimum absolute atomic E-state index is 0.162. The summed E-state index contributed by atoms with van der Waals surface area (Å²) in [5, 5.41) is 8.93. The van der Waals surface area contributed by atoms with Crippen LogP contribution in [-0.2, 0) is 11.3 Å². The molecule has 1 aliphatic heterocycles. The fourth-order valence-corrected chi connectivity index (χ4v) is 2.50. The first-order chi connectivity index (χ1) is 9.35. The van der Waals surface area contributed by atoms with E-state index < -0.39 is 24.1 Å². The van der Waals surface area contributed by atoms with Crippen molar-refractivity contribution in [1.29, 1.82) is 0 Å². The third-order valence-electron chi connectivity index (χ3n) is 3.75. The van der Waals surface area contributed by atoms with Gasteiger partial charge < -0.3 is 14.6 Å². The topological polar surface area (TPSA) is 58.4 Å². The zero-order chi connectivity index (χ0) is 14.8. The van der Waals surface area contributed by atoms with Gasteiger partial charge in [0.05, 0.1) is 6.33 Å². The third-order valence-corrected chi connectivity index (χ3v) is 3.75. The minimum atomic E-state index is -4.71. The van der Waals surface area contributed by atoms with Crippen LogP contribution >= 0.6 is 0 Å². The van der Waals surface area contributed by atoms with Crippen LogP contribution in [0.25, 0.3) is 0 Å². The SMILES string of the molecule is O=C(O)C1(C(F)(F)F)CCN(CCCn2ccnc2)C1. The Kier molecular flexibility index (Phi) is 4.03. The van der Waals surface area contributed by atoms with Crippen molar-refractivity contribution in [2.75, 3.05) is 19.6 Å². The van der Waals surface area contributed by atoms with Gasteiger partial charge in [0.1, 0.15) is 0 Å². The van der Waals surface area contributed by atoms with Gasteiger partial charge in [0.15, 0.2) is 5.41 Å². The Morgan fingerprint density at radius 3 is 2.65 bits per heavy atom. The van der Waals surface area contributed by atoms with E-state index in [0.717, 1.165) is 0 Å². The summed E-state index contributed by atoms with van der Waals surface area (Å²) in [5.74, 6) is -1.78. The number of carboxylic acids is 1. The molecule has 1 aromatic rings. The molecule has 1 fully saturated rings. The molecule has 0 saturated carbocycles. The number of nitrogens with zero attached hydrogens (tertiary/aromatic N) is 3. The summed E-state index contributed by atoms with van der Waals surface area (Å²) in [6.45, 7) is 0.803. The predicted molar refractivity (Wildman–Crippen MR) is 64.0 cm³/mol. The summed E-state index contributed by atoms with van der Waals surface area (Å²) in [6.07, 6.45) is 0.621. The van der Waals surface area contributed by atoms with E-state index >= 15 is 0 Å². The van der Waals surface area contributed by atoms with Crippen molar-refractivity contribution in [2.45, 2.75) is 25.6 Å². The molecule has 1 aromatic heterocycles. The van der Waals surface area contributed by atoms with Crippen molar-refractivity contribution in [3.63, 3.8) is 0 Å². The molecule has 0 aromatic carbocycles. The Bertz CT molecular complexity index is 461. The van der Waals surface area contributed by atoms with Crippen LogP contribution in [0.15, 0.2) is 18.7 Å². The summed E-state index contributed by atoms with van der Waals surface area (Å²) in [5.41, 5.74) is -2.61. The second kappa shape index (κ2) is 5.43. The number of alkyl halides is 3. The lowest BCUT2D eigenvalue weighted by Crippen LogP contribution is -2.47. The Morgan fingerprint density at radius 2 is 2.15 bits per heavy atom. The lowest BCUT2D eigenvalue weighted by atomic mass is 9.86. The predicted octanol–water partition coefficient (Wildman–Crippen LogP) is 1.61. The largest absolute Gasteiger partial charge is 0.481 e. The second-order valence-electron chi connectivity index (χ2n) is 5.07. The molecule has 2 rings (SSSR count). The molecule has 20 heavy (non-hydrogen) atoms. The maximum Gasteiger partial charge on any atom is 0.406 e. The molecule has 8 heteroatoms. The van der Waals surface area contributed by atoms with Crippen LogP contribution in [0.2, 0.25) is 0 Å². The van der Waals surface area contributed by atoms with Crippen molar-refractivity contribution >= 4 is 5.97 Å². The number of hydrogen-bond donors (Lipinski definition) is 1. The monoisotopic (exact) mass is 291 g/mol. The van der Waals surface area contributed by atoms with Gasteiger partial charge in [0.2, 0.25) is 0 Å². The molecular formula is C12H16F3N3O2. The standard InChI is InChI=1S/C12H16F3N3O2/c13-12(14,15)11(10(19)20)2-6-17(8-11)4-1-5-18-7-3-16-9-18/h3,7,9H,1-2,4-6,8H2,(H,19,20). The van der Waals surface area contributed by atoms with E-state index in [1.165, 1.54) is 0 Å². The molecule has 5 nitrogen and oxygen atoms in total. The summed E-state index contributed by atoms with van der Waals surface area (Å²) in [7, 11) is 0. The van der Waals surface area contributed by atoms with Gasteiger partial charge in [-0.1, -0.05) is 0 Å². The van der Waals surface area contributed by atoms with Gasteiger partial charge in [-0.25, -0.2) is 4.98 Å². The van der Waals surface area contributed by atoms with E-state index in [9.17, 15) is 18.0 Å². The number of aryl methyl sites for hydroxylation is 1. The maximum atomic E-state index is 13.0. The van der Waals surface area contributed by atoms with Gasteiger partial charge in [-0.15, -0.1) is 0 Å². The van der Waals surface area contributed by atoms with Gasteiger partial charge in [0.25, 0.3) is 0 Å². The Balaban J connectivity index is 1.89. The third kappa shape index (κ3) is 2.79. The highest BCUT2D eigenvalue weighted by molar-refractivity contribution is 5.76. The zero-order valence-corrected chi connectivity index (χ0v) is 10.8. The number of aromatic nitrogens is 2. The molecular weight excluding hydrogens is 275 g/mol. The number of carbonyl (C=O) groups is 1. The normalized spacial score (nSPS) is 24.1. The first-order valence-electron chi connectivity index (χ1n) is 6.33. The van der Waals surface area contributed by atoms with E-state index in [4.69, 9.17) is 5.11 Å². The molecule has 1 saturated heterocycles. The highest BCUT2D eigenvalue weighted by Gasteiger charge is 2.63. The van der Waals surface area contributed by atoms with Gasteiger partial charge >= 0.3 is 12.1 Å². The zero-order valence-electron chi connectivity index (χ0n) is 10.8. The molecule has 2 heterocycles. The van der Waals surface area contributed by atoms with Crippen molar-refractivity contribution in [3.8, 4) is 0 Å². The first-order valence-corrected chi connectivity index (χ1v) is 6.33. The molecule has 0 aliphatic carbocycles. The maximum absolute atomic E-state index is 13.0. The average Bonchev–Trinajstić information content (AvgIpc) is 2.97. The van der Waals surface area contributed by atoms with E-state index in [1.54, 1.807) is 23.6 Å². The van der Waals surface area contributed by atoms with Crippen molar-refractivity contribution < 1.29 is 23.1 Å². The van der Waals surface area contributed by atoms with Crippen molar-refractivity contribution in [2.24, 2.45) is 5.41 Å². The Labute approximate surface area is 114 Å². The lowest BCUT2D eigenvalue weighted by molar-refractivity contribution is -0.227. The number of aliphatic carboxylic acids is 1. The minimum Gasteiger partial charge on any atom is -0.481 e. The van der Waals surface area contributed by atoms with Crippen LogP contribution in [0.3, 0.4) is 0 Å². The number of likely N-dealkylation sites (tertiary alicyclic amines) is 1. The van der Waals surface area contributed by atoms with Crippen LogP contribution in [0.4, 0.5) is 13.2 Å². The van der Waals surface area contributed by atoms with E-state index in [2.05, 4.69) is 4.98 Å². The smallest absolute Gasteiger partial charge is 0.406 e. The quantitative estimate of drug-likeness (QED) is 0.895. The van der Waals surface area contributed by atoms with E-state index in [1.807, 2.05) is 4.57 Å². The van der Waals surface area contributed by atoms with Crippen LogP contribution in [0, 0.1) is 5.41 Å². The highest BCUT2D eigenvalue weighted by Crippen LogP contribution is 2.45. The number of carboxylic acid groups (broad SMARTS) is 1. The van der Waals surface area contributed by atoms with Crippen LogP contribution in [0.1, 0.15) is 12.8 Å². The number of imidazole rings is 1. The van der Waals surface area contributed by atoms with E-state index in [-0.39, 0.29) is 13.0 Å². The average molecular weight is 291 g/mol. The molecule has 1 N–H and O–H groups in total. The lowest BCUT2D eigenvalue weighted by Gasteiger charge is -2.27. The first kappa shape index (κ1) is 14.8. The molecule has 112 valence electrons. The van der Waals surface area contributed by atoms with Crippen molar-refractivity contribution in [1.82, 2.24) is 14.5 Å². The molecule has 1 atom stereocenters. The summed E-state index contributed by atoms with van der Waals surface area (Å²) < 4.78 is 40.7. The van der Waals surface area contributed by atoms with Crippen LogP contribution in [-0.4, -0.2) is 51.3 Å². The van der Waals surface area contributed by atoms with Crippen LogP contribution < -0.4 is 0 Å². The molecule has 0 radical (unpaired) electrons. The van der Waals surface area contributed by atoms with Gasteiger partial charge in [-0.3, -0.25) is 4.79 Å². The number of hydrogen-bond acceptors (Lipinski definition) is 3. The molecule has 0 amide bonds.